The number of amides is 1. The minimum atomic E-state index is -0.153. The van der Waals surface area contributed by atoms with E-state index in [-0.39, 0.29) is 18.0 Å². The maximum Gasteiger partial charge on any atom is 0.226 e. The van der Waals surface area contributed by atoms with Crippen LogP contribution in [0.15, 0.2) is 91.5 Å². The first-order valence-electron chi connectivity index (χ1n) is 11.5. The number of nitrogens with zero attached hydrogens (tertiary/aromatic N) is 4. The minimum Gasteiger partial charge on any atom is -0.352 e. The molecular weight excluding hydrogens is 456 g/mol. The van der Waals surface area contributed by atoms with E-state index in [2.05, 4.69) is 36.1 Å². The van der Waals surface area contributed by atoms with Crippen molar-refractivity contribution in [1.29, 1.82) is 0 Å². The van der Waals surface area contributed by atoms with E-state index < -0.39 is 0 Å². The molecule has 8 heteroatoms. The molecule has 176 valence electrons. The Morgan fingerprint density at radius 1 is 1.03 bits per heavy atom. The lowest BCUT2D eigenvalue weighted by Gasteiger charge is -2.28. The Labute approximate surface area is 209 Å². The van der Waals surface area contributed by atoms with E-state index in [1.807, 2.05) is 73.8 Å². The van der Waals surface area contributed by atoms with Gasteiger partial charge in [0.25, 0.3) is 0 Å². The molecule has 0 unspecified atom stereocenters. The zero-order valence-electron chi connectivity index (χ0n) is 19.3. The van der Waals surface area contributed by atoms with Crippen molar-refractivity contribution < 1.29 is 4.79 Å². The molecule has 4 heterocycles. The van der Waals surface area contributed by atoms with Gasteiger partial charge in [-0.25, -0.2) is 0 Å². The first-order valence-corrected chi connectivity index (χ1v) is 11.9. The van der Waals surface area contributed by atoms with E-state index in [1.54, 1.807) is 18.6 Å². The fourth-order valence-electron chi connectivity index (χ4n) is 4.43. The minimum absolute atomic E-state index is 0.0544. The second kappa shape index (κ2) is 10.1. The van der Waals surface area contributed by atoms with Crippen LogP contribution >= 0.6 is 12.2 Å². The quantitative estimate of drug-likeness (QED) is 0.376. The molecule has 0 bridgehead atoms. The van der Waals surface area contributed by atoms with Crippen molar-refractivity contribution in [2.45, 2.75) is 25.4 Å². The van der Waals surface area contributed by atoms with Gasteiger partial charge in [0.05, 0.1) is 17.8 Å². The largest absolute Gasteiger partial charge is 0.352 e. The van der Waals surface area contributed by atoms with Crippen LogP contribution in [0, 0.1) is 6.92 Å². The van der Waals surface area contributed by atoms with Crippen LogP contribution in [0.1, 0.15) is 35.5 Å². The topological polar surface area (TPSA) is 75.1 Å². The van der Waals surface area contributed by atoms with E-state index in [1.165, 1.54) is 0 Å². The number of anilines is 1. The van der Waals surface area contributed by atoms with Crippen LogP contribution < -0.4 is 10.6 Å². The number of aromatic nitrogens is 3. The first kappa shape index (κ1) is 22.7. The van der Waals surface area contributed by atoms with Crippen LogP contribution in [0.5, 0.6) is 0 Å². The van der Waals surface area contributed by atoms with Crippen molar-refractivity contribution >= 4 is 28.9 Å². The number of carbonyl (C=O) groups is 1. The summed E-state index contributed by atoms with van der Waals surface area (Å²) >= 11 is 5.76. The number of hydrogen-bond donors (Lipinski definition) is 2. The Morgan fingerprint density at radius 2 is 1.83 bits per heavy atom. The highest BCUT2D eigenvalue weighted by molar-refractivity contribution is 7.80. The molecule has 5 rings (SSSR count). The maximum atomic E-state index is 12.8. The Bertz CT molecular complexity index is 1310. The second-order valence-electron chi connectivity index (χ2n) is 8.49. The van der Waals surface area contributed by atoms with Gasteiger partial charge in [-0.2, -0.15) is 0 Å². The highest BCUT2D eigenvalue weighted by atomic mass is 32.1. The number of pyridine rings is 2. The van der Waals surface area contributed by atoms with Crippen molar-refractivity contribution in [3.63, 3.8) is 0 Å². The number of nitrogens with one attached hydrogen (secondary N) is 2. The zero-order valence-corrected chi connectivity index (χ0v) is 20.2. The zero-order chi connectivity index (χ0) is 24.2. The maximum absolute atomic E-state index is 12.8. The van der Waals surface area contributed by atoms with E-state index in [4.69, 9.17) is 12.2 Å². The summed E-state index contributed by atoms with van der Waals surface area (Å²) in [5, 5.41) is 7.05. The van der Waals surface area contributed by atoms with Gasteiger partial charge in [-0.15, -0.1) is 0 Å². The van der Waals surface area contributed by atoms with Gasteiger partial charge in [-0.05, 0) is 67.7 Å². The van der Waals surface area contributed by atoms with Crippen LogP contribution in [0.2, 0.25) is 0 Å². The summed E-state index contributed by atoms with van der Waals surface area (Å²) in [7, 11) is 0. The van der Waals surface area contributed by atoms with Gasteiger partial charge < -0.3 is 20.1 Å². The average Bonchev–Trinajstić information content (AvgIpc) is 3.49. The van der Waals surface area contributed by atoms with Gasteiger partial charge in [-0.1, -0.05) is 23.8 Å². The van der Waals surface area contributed by atoms with Crippen molar-refractivity contribution in [1.82, 2.24) is 24.8 Å². The molecule has 0 radical (unpaired) electrons. The summed E-state index contributed by atoms with van der Waals surface area (Å²) in [6.45, 7) is 2.49. The molecule has 3 aromatic heterocycles. The van der Waals surface area contributed by atoms with Crippen LogP contribution in [0.3, 0.4) is 0 Å². The molecule has 1 fully saturated rings. The van der Waals surface area contributed by atoms with E-state index in [0.29, 0.717) is 18.1 Å². The lowest BCUT2D eigenvalue weighted by atomic mass is 10.0. The average molecular weight is 483 g/mol. The molecule has 7 nitrogen and oxygen atoms in total. The van der Waals surface area contributed by atoms with E-state index in [0.717, 1.165) is 28.3 Å². The number of benzene rings is 1. The molecule has 0 spiro atoms. The summed E-state index contributed by atoms with van der Waals surface area (Å²) < 4.78 is 2.14. The van der Waals surface area contributed by atoms with Gasteiger partial charge in [-0.3, -0.25) is 14.8 Å². The summed E-state index contributed by atoms with van der Waals surface area (Å²) in [6, 6.07) is 21.4. The third kappa shape index (κ3) is 4.93. The third-order valence-electron chi connectivity index (χ3n) is 6.14. The number of hydrogen-bond acceptors (Lipinski definition) is 4. The number of rotatable bonds is 7. The van der Waals surface area contributed by atoms with Crippen molar-refractivity contribution in [3.8, 4) is 5.69 Å². The number of thiocarbonyl (C=S) groups is 1. The molecule has 2 N–H and O–H groups in total. The molecule has 1 saturated heterocycles. The van der Waals surface area contributed by atoms with Crippen LogP contribution in [0.25, 0.3) is 5.69 Å². The third-order valence-corrected chi connectivity index (χ3v) is 6.49. The molecule has 1 amide bonds. The molecule has 2 atom stereocenters. The number of aryl methyl sites for hydroxylation is 1. The summed E-state index contributed by atoms with van der Waals surface area (Å²) in [5.41, 5.74) is 4.90. The Morgan fingerprint density at radius 3 is 2.57 bits per heavy atom. The highest BCUT2D eigenvalue weighted by Crippen LogP contribution is 2.39. The van der Waals surface area contributed by atoms with Crippen molar-refractivity contribution in [2.75, 3.05) is 11.9 Å². The predicted molar refractivity (Wildman–Crippen MR) is 140 cm³/mol. The molecule has 0 aliphatic carbocycles. The van der Waals surface area contributed by atoms with Gasteiger partial charge in [0.2, 0.25) is 5.91 Å². The molecule has 1 aromatic carbocycles. The van der Waals surface area contributed by atoms with Gasteiger partial charge in [0, 0.05) is 54.8 Å². The Balaban J connectivity index is 1.42. The molecule has 1 aliphatic heterocycles. The molecular formula is C27H26N6OS. The monoisotopic (exact) mass is 482 g/mol. The smallest absolute Gasteiger partial charge is 0.226 e. The van der Waals surface area contributed by atoms with Crippen molar-refractivity contribution in [3.05, 3.63) is 108 Å². The normalized spacial score (nSPS) is 17.3. The fraction of sp³-hybridized carbons (Fsp3) is 0.185. The lowest BCUT2D eigenvalue weighted by molar-refractivity contribution is -0.116. The standard InChI is InChI=1S/C27H26N6OS/c1-19-7-9-20(10-8-19)30-24(34)13-18-33-26(25(31-27(33)35)22-5-2-3-14-29-22)23-6-4-17-32(23)21-11-15-28-16-12-21/h2-12,14-17,25-26H,13,18H2,1H3,(H,30,34)(H,31,35)/t25-,26-/m1/s1. The summed E-state index contributed by atoms with van der Waals surface area (Å²) in [4.78, 5) is 23.6. The molecule has 35 heavy (non-hydrogen) atoms. The first-order chi connectivity index (χ1) is 17.1. The highest BCUT2D eigenvalue weighted by Gasteiger charge is 2.41. The SMILES string of the molecule is Cc1ccc(NC(=O)CCN2C(=S)N[C@H](c3ccccn3)[C@H]2c2cccn2-c2ccncc2)cc1. The van der Waals surface area contributed by atoms with Gasteiger partial charge in [0.1, 0.15) is 0 Å². The van der Waals surface area contributed by atoms with Gasteiger partial charge in [0.15, 0.2) is 5.11 Å². The summed E-state index contributed by atoms with van der Waals surface area (Å²) in [5.74, 6) is -0.0544. The van der Waals surface area contributed by atoms with Crippen LogP contribution in [-0.2, 0) is 4.79 Å². The lowest BCUT2D eigenvalue weighted by Crippen LogP contribution is -2.33. The Kier molecular flexibility index (Phi) is 6.54. The van der Waals surface area contributed by atoms with Gasteiger partial charge >= 0.3 is 0 Å². The molecule has 0 saturated carbocycles. The van der Waals surface area contributed by atoms with Crippen LogP contribution in [-0.4, -0.2) is 37.0 Å². The van der Waals surface area contributed by atoms with E-state index >= 15 is 0 Å². The second-order valence-corrected chi connectivity index (χ2v) is 8.88. The van der Waals surface area contributed by atoms with Crippen LogP contribution in [0.4, 0.5) is 5.69 Å². The Hall–Kier alpha value is -4.04. The summed E-state index contributed by atoms with van der Waals surface area (Å²) in [6.07, 6.45) is 7.68. The molecule has 4 aromatic rings. The fourth-order valence-corrected chi connectivity index (χ4v) is 4.76. The number of carbonyl (C=O) groups excluding carboxylic acids is 1. The van der Waals surface area contributed by atoms with E-state index in [9.17, 15) is 4.79 Å². The van der Waals surface area contributed by atoms with Crippen molar-refractivity contribution in [2.24, 2.45) is 0 Å². The molecule has 1 aliphatic rings. The predicted octanol–water partition coefficient (Wildman–Crippen LogP) is 4.58.